The van der Waals surface area contributed by atoms with Gasteiger partial charge in [-0.15, -0.1) is 0 Å². The van der Waals surface area contributed by atoms with Gasteiger partial charge < -0.3 is 11.1 Å². The summed E-state index contributed by atoms with van der Waals surface area (Å²) >= 11 is 1.92. The lowest BCUT2D eigenvalue weighted by molar-refractivity contribution is 0.190. The van der Waals surface area contributed by atoms with E-state index in [1.54, 1.807) is 0 Å². The molecular formula is C16H23N5S. The van der Waals surface area contributed by atoms with Crippen LogP contribution in [-0.2, 0) is 6.54 Å². The maximum absolute atomic E-state index is 5.88. The van der Waals surface area contributed by atoms with Crippen molar-refractivity contribution in [2.75, 3.05) is 37.4 Å². The molecule has 1 saturated heterocycles. The van der Waals surface area contributed by atoms with E-state index in [9.17, 15) is 0 Å². The van der Waals surface area contributed by atoms with Gasteiger partial charge in [0.1, 0.15) is 12.1 Å². The van der Waals surface area contributed by atoms with Crippen molar-refractivity contribution in [1.29, 1.82) is 0 Å². The van der Waals surface area contributed by atoms with Crippen molar-refractivity contribution in [3.05, 3.63) is 30.1 Å². The third-order valence-corrected chi connectivity index (χ3v) is 4.79. The van der Waals surface area contributed by atoms with Gasteiger partial charge in [0.25, 0.3) is 0 Å². The molecule has 1 aliphatic heterocycles. The van der Waals surface area contributed by atoms with Gasteiger partial charge in [0, 0.05) is 37.6 Å². The number of rotatable bonds is 5. The minimum Gasteiger partial charge on any atom is -0.383 e. The summed E-state index contributed by atoms with van der Waals surface area (Å²) in [6, 6.07) is 6.92. The molecule has 2 heterocycles. The number of nitrogens with one attached hydrogen (secondary N) is 1. The molecule has 0 amide bonds. The minimum absolute atomic E-state index is 0.552. The molecule has 1 aromatic carbocycles. The normalized spacial score (nSPS) is 19.6. The van der Waals surface area contributed by atoms with Crippen LogP contribution >= 0.6 is 11.8 Å². The lowest BCUT2D eigenvalue weighted by Gasteiger charge is -2.33. The molecule has 1 atom stereocenters. The van der Waals surface area contributed by atoms with Crippen molar-refractivity contribution in [3.63, 3.8) is 0 Å². The molecule has 3 rings (SSSR count). The summed E-state index contributed by atoms with van der Waals surface area (Å²) in [6.45, 7) is 4.25. The third kappa shape index (κ3) is 3.69. The first kappa shape index (κ1) is 15.5. The Balaban J connectivity index is 1.67. The third-order valence-electron chi connectivity index (χ3n) is 4.15. The largest absolute Gasteiger partial charge is 0.383 e. The molecule has 0 bridgehead atoms. The summed E-state index contributed by atoms with van der Waals surface area (Å²) in [6.07, 6.45) is 4.94. The Morgan fingerprint density at radius 3 is 3.18 bits per heavy atom. The van der Waals surface area contributed by atoms with E-state index in [4.69, 9.17) is 5.73 Å². The van der Waals surface area contributed by atoms with Crippen molar-refractivity contribution < 1.29 is 0 Å². The molecular weight excluding hydrogens is 294 g/mol. The van der Waals surface area contributed by atoms with E-state index in [1.165, 1.54) is 24.1 Å². The molecule has 0 spiro atoms. The van der Waals surface area contributed by atoms with Crippen LogP contribution in [0.2, 0.25) is 0 Å². The zero-order chi connectivity index (χ0) is 15.4. The van der Waals surface area contributed by atoms with Gasteiger partial charge in [-0.1, -0.05) is 6.07 Å². The molecule has 6 heteroatoms. The SMILES string of the molecule is CSCC[C@H]1CN(Cc2ccc3c(N)ncnc3c2)CCN1. The van der Waals surface area contributed by atoms with Crippen LogP contribution in [0.15, 0.2) is 24.5 Å². The molecule has 0 unspecified atom stereocenters. The Kier molecular flexibility index (Phi) is 5.12. The predicted molar refractivity (Wildman–Crippen MR) is 94.0 cm³/mol. The van der Waals surface area contributed by atoms with Gasteiger partial charge in [0.15, 0.2) is 0 Å². The fraction of sp³-hybridized carbons (Fsp3) is 0.500. The van der Waals surface area contributed by atoms with Gasteiger partial charge >= 0.3 is 0 Å². The number of piperazine rings is 1. The van der Waals surface area contributed by atoms with Crippen molar-refractivity contribution in [3.8, 4) is 0 Å². The smallest absolute Gasteiger partial charge is 0.134 e. The second-order valence-electron chi connectivity index (χ2n) is 5.78. The van der Waals surface area contributed by atoms with Crippen LogP contribution < -0.4 is 11.1 Å². The number of nitrogens with two attached hydrogens (primary N) is 1. The van der Waals surface area contributed by atoms with Crippen LogP contribution in [0.25, 0.3) is 10.9 Å². The standard InChI is InChI=1S/C16H23N5S/c1-22-7-4-13-10-21(6-5-18-13)9-12-2-3-14-15(8-12)19-11-20-16(14)17/h2-3,8,11,13,18H,4-7,9-10H2,1H3,(H2,17,19,20)/t13-/m0/s1. The Labute approximate surface area is 135 Å². The number of aromatic nitrogens is 2. The van der Waals surface area contributed by atoms with E-state index in [1.807, 2.05) is 17.8 Å². The van der Waals surface area contributed by atoms with E-state index >= 15 is 0 Å². The Morgan fingerprint density at radius 1 is 1.41 bits per heavy atom. The summed E-state index contributed by atoms with van der Waals surface area (Å²) in [4.78, 5) is 10.9. The summed E-state index contributed by atoms with van der Waals surface area (Å²) in [5.74, 6) is 1.77. The highest BCUT2D eigenvalue weighted by Crippen LogP contribution is 2.19. The molecule has 1 aliphatic rings. The van der Waals surface area contributed by atoms with Gasteiger partial charge in [-0.2, -0.15) is 11.8 Å². The van der Waals surface area contributed by atoms with Crippen LogP contribution in [0.4, 0.5) is 5.82 Å². The highest BCUT2D eigenvalue weighted by Gasteiger charge is 2.19. The zero-order valence-corrected chi connectivity index (χ0v) is 13.8. The fourth-order valence-corrected chi connectivity index (χ4v) is 3.49. The van der Waals surface area contributed by atoms with Gasteiger partial charge in [-0.3, -0.25) is 4.90 Å². The molecule has 22 heavy (non-hydrogen) atoms. The minimum atomic E-state index is 0.552. The lowest BCUT2D eigenvalue weighted by Crippen LogP contribution is -2.50. The predicted octanol–water partition coefficient (Wildman–Crippen LogP) is 1.74. The van der Waals surface area contributed by atoms with Crippen molar-refractivity contribution in [2.45, 2.75) is 19.0 Å². The Hall–Kier alpha value is -1.37. The van der Waals surface area contributed by atoms with E-state index in [0.717, 1.165) is 37.1 Å². The summed E-state index contributed by atoms with van der Waals surface area (Å²) in [5, 5.41) is 4.55. The van der Waals surface area contributed by atoms with Gasteiger partial charge in [0.05, 0.1) is 5.52 Å². The highest BCUT2D eigenvalue weighted by molar-refractivity contribution is 7.98. The second-order valence-corrected chi connectivity index (χ2v) is 6.76. The fourth-order valence-electron chi connectivity index (χ4n) is 2.97. The van der Waals surface area contributed by atoms with Crippen LogP contribution in [0.1, 0.15) is 12.0 Å². The maximum atomic E-state index is 5.88. The number of hydrogen-bond acceptors (Lipinski definition) is 6. The molecule has 3 N–H and O–H groups in total. The summed E-state index contributed by atoms with van der Waals surface area (Å²) < 4.78 is 0. The lowest BCUT2D eigenvalue weighted by atomic mass is 10.1. The first-order chi connectivity index (χ1) is 10.8. The number of anilines is 1. The topological polar surface area (TPSA) is 67.1 Å². The van der Waals surface area contributed by atoms with E-state index in [-0.39, 0.29) is 0 Å². The number of hydrogen-bond donors (Lipinski definition) is 2. The Bertz CT molecular complexity index is 633. The van der Waals surface area contributed by atoms with Crippen LogP contribution in [-0.4, -0.2) is 52.6 Å². The van der Waals surface area contributed by atoms with E-state index in [0.29, 0.717) is 11.9 Å². The summed E-state index contributed by atoms with van der Waals surface area (Å²) in [5.41, 5.74) is 8.10. The molecule has 0 radical (unpaired) electrons. The molecule has 0 saturated carbocycles. The summed E-state index contributed by atoms with van der Waals surface area (Å²) in [7, 11) is 0. The average Bonchev–Trinajstić information content (AvgIpc) is 2.53. The average molecular weight is 317 g/mol. The quantitative estimate of drug-likeness (QED) is 0.875. The Morgan fingerprint density at radius 2 is 2.32 bits per heavy atom. The van der Waals surface area contributed by atoms with Crippen molar-refractivity contribution in [2.24, 2.45) is 0 Å². The molecule has 1 aromatic heterocycles. The molecule has 118 valence electrons. The van der Waals surface area contributed by atoms with Gasteiger partial charge in [0.2, 0.25) is 0 Å². The second kappa shape index (κ2) is 7.26. The number of nitrogen functional groups attached to an aromatic ring is 1. The zero-order valence-electron chi connectivity index (χ0n) is 13.0. The monoisotopic (exact) mass is 317 g/mol. The molecule has 5 nitrogen and oxygen atoms in total. The van der Waals surface area contributed by atoms with Crippen molar-refractivity contribution in [1.82, 2.24) is 20.2 Å². The number of nitrogens with zero attached hydrogens (tertiary/aromatic N) is 3. The van der Waals surface area contributed by atoms with Crippen LogP contribution in [0.5, 0.6) is 0 Å². The number of thioether (sulfide) groups is 1. The van der Waals surface area contributed by atoms with Gasteiger partial charge in [-0.25, -0.2) is 9.97 Å². The molecule has 2 aromatic rings. The molecule has 1 fully saturated rings. The number of fused-ring (bicyclic) bond motifs is 1. The first-order valence-corrected chi connectivity index (χ1v) is 9.09. The first-order valence-electron chi connectivity index (χ1n) is 7.70. The number of benzene rings is 1. The van der Waals surface area contributed by atoms with Gasteiger partial charge in [-0.05, 0) is 36.1 Å². The highest BCUT2D eigenvalue weighted by atomic mass is 32.2. The van der Waals surface area contributed by atoms with E-state index in [2.05, 4.69) is 38.6 Å². The van der Waals surface area contributed by atoms with E-state index < -0.39 is 0 Å². The van der Waals surface area contributed by atoms with Crippen molar-refractivity contribution >= 4 is 28.5 Å². The van der Waals surface area contributed by atoms with Crippen LogP contribution in [0.3, 0.4) is 0 Å². The molecule has 0 aliphatic carbocycles. The maximum Gasteiger partial charge on any atom is 0.134 e. The van der Waals surface area contributed by atoms with Crippen LogP contribution in [0, 0.1) is 0 Å².